The highest BCUT2D eigenvalue weighted by Crippen LogP contribution is 2.08. The molecule has 0 unspecified atom stereocenters. The zero-order valence-electron chi connectivity index (χ0n) is 9.16. The van der Waals surface area contributed by atoms with Gasteiger partial charge in [-0.2, -0.15) is 5.10 Å². The van der Waals surface area contributed by atoms with Crippen molar-refractivity contribution in [2.75, 3.05) is 5.75 Å². The number of amides is 1. The molecule has 0 radical (unpaired) electrons. The summed E-state index contributed by atoms with van der Waals surface area (Å²) in [6.45, 7) is 0. The third kappa shape index (κ3) is 3.17. The maximum absolute atomic E-state index is 10.9. The second-order valence-corrected chi connectivity index (χ2v) is 4.38. The van der Waals surface area contributed by atoms with Gasteiger partial charge >= 0.3 is 5.97 Å². The van der Waals surface area contributed by atoms with Crippen molar-refractivity contribution in [3.05, 3.63) is 35.4 Å². The molecule has 2 N–H and O–H groups in total. The van der Waals surface area contributed by atoms with Crippen LogP contribution in [0.3, 0.4) is 0 Å². The van der Waals surface area contributed by atoms with Crippen molar-refractivity contribution in [1.29, 1.82) is 0 Å². The fourth-order valence-corrected chi connectivity index (χ4v) is 1.91. The normalized spacial score (nSPS) is 17.3. The second kappa shape index (κ2) is 5.46. The molecule has 0 saturated carbocycles. The molecular formula is C11H9N3O3S. The Morgan fingerprint density at radius 3 is 3.00 bits per heavy atom. The van der Waals surface area contributed by atoms with E-state index < -0.39 is 5.97 Å². The highest BCUT2D eigenvalue weighted by molar-refractivity contribution is 8.15. The first-order valence-corrected chi connectivity index (χ1v) is 6.01. The van der Waals surface area contributed by atoms with Gasteiger partial charge in [0.2, 0.25) is 5.91 Å². The first-order chi connectivity index (χ1) is 8.65. The molecule has 1 fully saturated rings. The number of hydrogen-bond donors (Lipinski definition) is 2. The number of aromatic carboxylic acids is 1. The summed E-state index contributed by atoms with van der Waals surface area (Å²) in [5.41, 5.74) is 0.823. The highest BCUT2D eigenvalue weighted by atomic mass is 32.2. The van der Waals surface area contributed by atoms with Gasteiger partial charge < -0.3 is 10.4 Å². The number of amidine groups is 1. The molecule has 1 aromatic rings. The van der Waals surface area contributed by atoms with Crippen LogP contribution in [-0.4, -0.2) is 34.1 Å². The van der Waals surface area contributed by atoms with Crippen LogP contribution in [0.4, 0.5) is 0 Å². The first kappa shape index (κ1) is 12.3. The van der Waals surface area contributed by atoms with E-state index in [9.17, 15) is 9.59 Å². The molecule has 0 aromatic heterocycles. The van der Waals surface area contributed by atoms with Crippen LogP contribution in [0.25, 0.3) is 0 Å². The van der Waals surface area contributed by atoms with E-state index in [2.05, 4.69) is 15.5 Å². The summed E-state index contributed by atoms with van der Waals surface area (Å²) < 4.78 is 0. The van der Waals surface area contributed by atoms with E-state index in [4.69, 9.17) is 5.11 Å². The summed E-state index contributed by atoms with van der Waals surface area (Å²) in [7, 11) is 0. The Labute approximate surface area is 107 Å². The molecular weight excluding hydrogens is 254 g/mol. The third-order valence-electron chi connectivity index (χ3n) is 2.08. The molecule has 1 saturated heterocycles. The Hall–Kier alpha value is -2.15. The van der Waals surface area contributed by atoms with Crippen LogP contribution in [0.15, 0.2) is 34.5 Å². The molecule has 0 bridgehead atoms. The van der Waals surface area contributed by atoms with Crippen LogP contribution in [-0.2, 0) is 4.79 Å². The lowest BCUT2D eigenvalue weighted by Gasteiger charge is -1.95. The van der Waals surface area contributed by atoms with Crippen molar-refractivity contribution < 1.29 is 14.7 Å². The van der Waals surface area contributed by atoms with Gasteiger partial charge in [-0.3, -0.25) is 4.79 Å². The SMILES string of the molecule is O=C1CSC(=NN=Cc2cccc(C(=O)O)c2)N1. The standard InChI is InChI=1S/C11H9N3O3S/c15-9-6-18-11(13-9)14-12-5-7-2-1-3-8(4-7)10(16)17/h1-5H,6H2,(H,16,17)(H,13,14,15). The van der Waals surface area contributed by atoms with Gasteiger partial charge in [-0.15, -0.1) is 5.10 Å². The van der Waals surface area contributed by atoms with Crippen molar-refractivity contribution in [2.45, 2.75) is 0 Å². The number of carboxylic acids is 1. The lowest BCUT2D eigenvalue weighted by atomic mass is 10.1. The van der Waals surface area contributed by atoms with Gasteiger partial charge in [-0.1, -0.05) is 23.9 Å². The molecule has 6 nitrogen and oxygen atoms in total. The fraction of sp³-hybridized carbons (Fsp3) is 0.0909. The summed E-state index contributed by atoms with van der Waals surface area (Å²) in [6, 6.07) is 6.34. The van der Waals surface area contributed by atoms with Crippen LogP contribution < -0.4 is 5.32 Å². The van der Waals surface area contributed by atoms with E-state index in [1.165, 1.54) is 30.1 Å². The second-order valence-electron chi connectivity index (χ2n) is 3.42. The number of carbonyl (C=O) groups excluding carboxylic acids is 1. The van der Waals surface area contributed by atoms with E-state index in [0.29, 0.717) is 16.5 Å². The van der Waals surface area contributed by atoms with E-state index in [0.717, 1.165) is 0 Å². The van der Waals surface area contributed by atoms with Crippen LogP contribution in [0.2, 0.25) is 0 Å². The molecule has 2 rings (SSSR count). The predicted molar refractivity (Wildman–Crippen MR) is 69.0 cm³/mol. The monoisotopic (exact) mass is 263 g/mol. The van der Waals surface area contributed by atoms with Crippen LogP contribution in [0, 0.1) is 0 Å². The maximum Gasteiger partial charge on any atom is 0.335 e. The number of benzene rings is 1. The number of thioether (sulfide) groups is 1. The van der Waals surface area contributed by atoms with Gasteiger partial charge in [-0.05, 0) is 17.7 Å². The van der Waals surface area contributed by atoms with Gasteiger partial charge in [0, 0.05) is 0 Å². The molecule has 1 amide bonds. The topological polar surface area (TPSA) is 91.1 Å². The van der Waals surface area contributed by atoms with Crippen molar-refractivity contribution in [3.63, 3.8) is 0 Å². The number of hydrogen-bond acceptors (Lipinski definition) is 5. The Bertz CT molecular complexity index is 554. The molecule has 0 spiro atoms. The predicted octanol–water partition coefficient (Wildman–Crippen LogP) is 0.938. The maximum atomic E-state index is 10.9. The van der Waals surface area contributed by atoms with E-state index in [1.807, 2.05) is 0 Å². The van der Waals surface area contributed by atoms with E-state index in [-0.39, 0.29) is 11.5 Å². The van der Waals surface area contributed by atoms with Gasteiger partial charge in [0.05, 0.1) is 17.5 Å². The summed E-state index contributed by atoms with van der Waals surface area (Å²) >= 11 is 1.28. The smallest absolute Gasteiger partial charge is 0.335 e. The minimum Gasteiger partial charge on any atom is -0.478 e. The summed E-state index contributed by atoms with van der Waals surface area (Å²) in [6.07, 6.45) is 1.43. The summed E-state index contributed by atoms with van der Waals surface area (Å²) in [4.78, 5) is 21.6. The largest absolute Gasteiger partial charge is 0.478 e. The van der Waals surface area contributed by atoms with Crippen LogP contribution in [0.1, 0.15) is 15.9 Å². The summed E-state index contributed by atoms with van der Waals surface area (Å²) in [5.74, 6) is -0.736. The number of carboxylic acid groups (broad SMARTS) is 1. The Morgan fingerprint density at radius 2 is 2.33 bits per heavy atom. The van der Waals surface area contributed by atoms with Crippen molar-refractivity contribution in [1.82, 2.24) is 5.32 Å². The average molecular weight is 263 g/mol. The molecule has 1 heterocycles. The molecule has 18 heavy (non-hydrogen) atoms. The molecule has 0 atom stereocenters. The Kier molecular flexibility index (Phi) is 3.73. The van der Waals surface area contributed by atoms with Crippen molar-refractivity contribution in [2.24, 2.45) is 10.2 Å². The lowest BCUT2D eigenvalue weighted by Crippen LogP contribution is -2.19. The molecule has 0 aliphatic carbocycles. The minimum absolute atomic E-state index is 0.0955. The highest BCUT2D eigenvalue weighted by Gasteiger charge is 2.15. The molecule has 1 aliphatic rings. The van der Waals surface area contributed by atoms with E-state index in [1.54, 1.807) is 12.1 Å². The van der Waals surface area contributed by atoms with Crippen molar-refractivity contribution in [3.8, 4) is 0 Å². The molecule has 7 heteroatoms. The summed E-state index contributed by atoms with van der Waals surface area (Å²) in [5, 5.41) is 19.4. The molecule has 1 aliphatic heterocycles. The fourth-order valence-electron chi connectivity index (χ4n) is 1.28. The molecule has 92 valence electrons. The Balaban J connectivity index is 2.07. The van der Waals surface area contributed by atoms with Gasteiger partial charge in [0.1, 0.15) is 0 Å². The zero-order valence-corrected chi connectivity index (χ0v) is 9.98. The van der Waals surface area contributed by atoms with E-state index >= 15 is 0 Å². The lowest BCUT2D eigenvalue weighted by molar-refractivity contribution is -0.116. The van der Waals surface area contributed by atoms with Gasteiger partial charge in [-0.25, -0.2) is 4.79 Å². The number of nitrogens with one attached hydrogen (secondary N) is 1. The number of rotatable bonds is 3. The van der Waals surface area contributed by atoms with Gasteiger partial charge in [0.25, 0.3) is 0 Å². The van der Waals surface area contributed by atoms with Gasteiger partial charge in [0.15, 0.2) is 5.17 Å². The zero-order chi connectivity index (χ0) is 13.0. The average Bonchev–Trinajstić information content (AvgIpc) is 2.75. The van der Waals surface area contributed by atoms with Crippen LogP contribution in [0.5, 0.6) is 0 Å². The van der Waals surface area contributed by atoms with Crippen molar-refractivity contribution >= 4 is 35.0 Å². The molecule has 1 aromatic carbocycles. The number of nitrogens with zero attached hydrogens (tertiary/aromatic N) is 2. The first-order valence-electron chi connectivity index (χ1n) is 5.02. The van der Waals surface area contributed by atoms with Crippen LogP contribution >= 0.6 is 11.8 Å². The quantitative estimate of drug-likeness (QED) is 0.627. The Morgan fingerprint density at radius 1 is 1.50 bits per heavy atom. The number of carbonyl (C=O) groups is 2. The third-order valence-corrected chi connectivity index (χ3v) is 2.94. The minimum atomic E-state index is -0.991.